The highest BCUT2D eigenvalue weighted by atomic mass is 127. The first-order valence-electron chi connectivity index (χ1n) is 11.2. The second kappa shape index (κ2) is 10.7. The molecule has 6 nitrogen and oxygen atoms in total. The van der Waals surface area contributed by atoms with Gasteiger partial charge in [0.05, 0.1) is 37.8 Å². The van der Waals surface area contributed by atoms with Crippen molar-refractivity contribution in [3.8, 4) is 17.6 Å². The van der Waals surface area contributed by atoms with Gasteiger partial charge in [0.15, 0.2) is 17.3 Å². The molecule has 0 saturated carbocycles. The number of carbonyl (C=O) groups excluding carboxylic acids is 1. The van der Waals surface area contributed by atoms with Crippen molar-refractivity contribution in [3.63, 3.8) is 0 Å². The van der Waals surface area contributed by atoms with E-state index in [9.17, 15) is 10.1 Å². The van der Waals surface area contributed by atoms with Crippen LogP contribution < -0.4 is 15.2 Å². The van der Waals surface area contributed by atoms with E-state index in [0.717, 1.165) is 33.2 Å². The van der Waals surface area contributed by atoms with Crippen LogP contribution >= 0.6 is 45.8 Å². The second-order valence-corrected chi connectivity index (χ2v) is 10.3. The average molecular weight is 624 g/mol. The zero-order valence-electron chi connectivity index (χ0n) is 19.3. The van der Waals surface area contributed by atoms with E-state index in [4.69, 9.17) is 38.4 Å². The predicted octanol–water partition coefficient (Wildman–Crippen LogP) is 6.31. The Hall–Kier alpha value is -2.41. The molecule has 0 unspecified atom stereocenters. The molecule has 2 aromatic carbocycles. The fraction of sp³-hybridized carbons (Fsp3) is 0.308. The number of ketones is 1. The Labute approximate surface area is 228 Å². The first-order chi connectivity index (χ1) is 16.8. The summed E-state index contributed by atoms with van der Waals surface area (Å²) in [7, 11) is 1.81. The molecule has 1 aliphatic carbocycles. The maximum atomic E-state index is 13.1. The number of nitrogens with two attached hydrogens (primary N) is 1. The van der Waals surface area contributed by atoms with E-state index in [2.05, 4.69) is 28.7 Å². The van der Waals surface area contributed by atoms with Gasteiger partial charge in [-0.3, -0.25) is 4.79 Å². The molecule has 1 atom stereocenters. The van der Waals surface area contributed by atoms with E-state index in [1.807, 2.05) is 32.2 Å². The second-order valence-electron chi connectivity index (χ2n) is 8.34. The SMILES string of the molecule is CCOc1cc([C@H]2C(C#N)=C(N)N(C)C3=C2C(=O)CCC3)cc(I)c1OCc1ccc(Cl)c(Cl)c1. The van der Waals surface area contributed by atoms with Crippen molar-refractivity contribution >= 4 is 51.6 Å². The summed E-state index contributed by atoms with van der Waals surface area (Å²) in [6.45, 7) is 2.58. The van der Waals surface area contributed by atoms with Gasteiger partial charge in [-0.2, -0.15) is 5.26 Å². The minimum Gasteiger partial charge on any atom is -0.490 e. The topological polar surface area (TPSA) is 88.6 Å². The third kappa shape index (κ3) is 4.97. The van der Waals surface area contributed by atoms with Gasteiger partial charge < -0.3 is 20.1 Å². The van der Waals surface area contributed by atoms with Crippen molar-refractivity contribution in [3.05, 3.63) is 77.7 Å². The first kappa shape index (κ1) is 25.7. The number of nitrogens with zero attached hydrogens (tertiary/aromatic N) is 2. The molecule has 2 aliphatic rings. The van der Waals surface area contributed by atoms with E-state index in [-0.39, 0.29) is 12.4 Å². The number of ether oxygens (including phenoxy) is 2. The van der Waals surface area contributed by atoms with Crippen LogP contribution in [0.5, 0.6) is 11.5 Å². The highest BCUT2D eigenvalue weighted by Crippen LogP contribution is 2.47. The molecule has 0 aromatic heterocycles. The number of carbonyl (C=O) groups is 1. The number of hydrogen-bond donors (Lipinski definition) is 1. The quantitative estimate of drug-likeness (QED) is 0.380. The summed E-state index contributed by atoms with van der Waals surface area (Å²) in [5, 5.41) is 10.9. The highest BCUT2D eigenvalue weighted by molar-refractivity contribution is 14.1. The van der Waals surface area contributed by atoms with E-state index in [1.165, 1.54) is 0 Å². The lowest BCUT2D eigenvalue weighted by Crippen LogP contribution is -2.36. The molecule has 0 fully saturated rings. The lowest BCUT2D eigenvalue weighted by atomic mass is 9.76. The molecule has 182 valence electrons. The minimum atomic E-state index is -0.546. The summed E-state index contributed by atoms with van der Waals surface area (Å²) in [5.41, 5.74) is 9.90. The van der Waals surface area contributed by atoms with Gasteiger partial charge in [0.2, 0.25) is 0 Å². The Morgan fingerprint density at radius 2 is 1.97 bits per heavy atom. The number of halogens is 3. The molecule has 9 heteroatoms. The Morgan fingerprint density at radius 3 is 2.66 bits per heavy atom. The lowest BCUT2D eigenvalue weighted by Gasteiger charge is -2.37. The summed E-state index contributed by atoms with van der Waals surface area (Å²) < 4.78 is 12.9. The van der Waals surface area contributed by atoms with Gasteiger partial charge in [-0.25, -0.2) is 0 Å². The summed E-state index contributed by atoms with van der Waals surface area (Å²) in [6.07, 6.45) is 1.98. The number of rotatable bonds is 6. The molecule has 0 spiro atoms. The van der Waals surface area contributed by atoms with Crippen LogP contribution in [0.1, 0.15) is 43.2 Å². The van der Waals surface area contributed by atoms with Gasteiger partial charge in [0, 0.05) is 24.7 Å². The van der Waals surface area contributed by atoms with E-state index >= 15 is 0 Å². The number of allylic oxidation sites excluding steroid dienone is 3. The summed E-state index contributed by atoms with van der Waals surface area (Å²) in [6, 6.07) is 11.4. The fourth-order valence-electron chi connectivity index (χ4n) is 4.54. The third-order valence-corrected chi connectivity index (χ3v) is 7.74. The van der Waals surface area contributed by atoms with Crippen molar-refractivity contribution in [2.45, 2.75) is 38.7 Å². The van der Waals surface area contributed by atoms with Crippen LogP contribution in [-0.2, 0) is 11.4 Å². The Morgan fingerprint density at radius 1 is 1.20 bits per heavy atom. The first-order valence-corrected chi connectivity index (χ1v) is 13.0. The molecule has 1 aliphatic heterocycles. The molecule has 0 saturated heterocycles. The van der Waals surface area contributed by atoms with Crippen LogP contribution in [0.3, 0.4) is 0 Å². The number of hydrogen-bond acceptors (Lipinski definition) is 6. The van der Waals surface area contributed by atoms with E-state index in [0.29, 0.717) is 51.5 Å². The standard InChI is InChI=1S/C26H24Cl2IN3O3/c1-3-34-22-11-15(10-19(29)25(22)35-13-14-7-8-17(27)18(28)9-14)23-16(12-30)26(31)32(2)20-5-4-6-21(33)24(20)23/h7-11,23H,3-6,13,31H2,1-2H3/t23-/m0/s1. The lowest BCUT2D eigenvalue weighted by molar-refractivity contribution is -0.116. The zero-order valence-corrected chi connectivity index (χ0v) is 23.0. The number of benzene rings is 2. The molecule has 4 rings (SSSR count). The van der Waals surface area contributed by atoms with Crippen LogP contribution in [0.2, 0.25) is 10.0 Å². The predicted molar refractivity (Wildman–Crippen MR) is 144 cm³/mol. The molecule has 2 aromatic rings. The van der Waals surface area contributed by atoms with Crippen molar-refractivity contribution < 1.29 is 14.3 Å². The minimum absolute atomic E-state index is 0.0521. The number of nitriles is 1. The summed E-state index contributed by atoms with van der Waals surface area (Å²) in [5.74, 6) is 0.996. The Balaban J connectivity index is 1.77. The van der Waals surface area contributed by atoms with Crippen LogP contribution in [0, 0.1) is 14.9 Å². The Kier molecular flexibility index (Phi) is 7.84. The Bertz CT molecular complexity index is 1300. The summed E-state index contributed by atoms with van der Waals surface area (Å²) >= 11 is 14.4. The molecular formula is C26H24Cl2IN3O3. The van der Waals surface area contributed by atoms with Gasteiger partial charge in [0.25, 0.3) is 0 Å². The van der Waals surface area contributed by atoms with Crippen molar-refractivity contribution in [2.24, 2.45) is 5.73 Å². The molecule has 35 heavy (non-hydrogen) atoms. The normalized spacial score (nSPS) is 17.9. The van der Waals surface area contributed by atoms with Crippen LogP contribution in [0.4, 0.5) is 0 Å². The van der Waals surface area contributed by atoms with Gasteiger partial charge in [-0.05, 0) is 77.7 Å². The van der Waals surface area contributed by atoms with Crippen LogP contribution in [0.25, 0.3) is 0 Å². The van der Waals surface area contributed by atoms with Gasteiger partial charge in [-0.15, -0.1) is 0 Å². The van der Waals surface area contributed by atoms with Gasteiger partial charge in [0.1, 0.15) is 12.4 Å². The zero-order chi connectivity index (χ0) is 25.3. The van der Waals surface area contributed by atoms with Gasteiger partial charge in [-0.1, -0.05) is 29.3 Å². The van der Waals surface area contributed by atoms with E-state index in [1.54, 1.807) is 17.0 Å². The fourth-order valence-corrected chi connectivity index (χ4v) is 5.64. The van der Waals surface area contributed by atoms with Crippen LogP contribution in [0.15, 0.2) is 53.0 Å². The van der Waals surface area contributed by atoms with Crippen LogP contribution in [-0.4, -0.2) is 24.3 Å². The molecule has 0 radical (unpaired) electrons. The molecule has 2 N–H and O–H groups in total. The number of Topliss-reactive ketones (excluding diaryl/α,β-unsaturated/α-hetero) is 1. The van der Waals surface area contributed by atoms with Crippen molar-refractivity contribution in [1.82, 2.24) is 4.90 Å². The molecule has 0 bridgehead atoms. The maximum Gasteiger partial charge on any atom is 0.174 e. The van der Waals surface area contributed by atoms with Crippen molar-refractivity contribution in [1.29, 1.82) is 5.26 Å². The smallest absolute Gasteiger partial charge is 0.174 e. The molecule has 0 amide bonds. The molecule has 1 heterocycles. The summed E-state index contributed by atoms with van der Waals surface area (Å²) in [4.78, 5) is 14.8. The highest BCUT2D eigenvalue weighted by Gasteiger charge is 2.39. The molecular weight excluding hydrogens is 600 g/mol. The van der Waals surface area contributed by atoms with Crippen molar-refractivity contribution in [2.75, 3.05) is 13.7 Å². The third-order valence-electron chi connectivity index (χ3n) is 6.20. The maximum absolute atomic E-state index is 13.1. The van der Waals surface area contributed by atoms with Gasteiger partial charge >= 0.3 is 0 Å². The monoisotopic (exact) mass is 623 g/mol. The van der Waals surface area contributed by atoms with E-state index < -0.39 is 5.92 Å². The average Bonchev–Trinajstić information content (AvgIpc) is 2.83. The largest absolute Gasteiger partial charge is 0.490 e.